The molecule has 7 nitrogen and oxygen atoms in total. The molecule has 1 aliphatic heterocycles. The van der Waals surface area contributed by atoms with E-state index in [1.807, 2.05) is 0 Å². The fourth-order valence-electron chi connectivity index (χ4n) is 2.86. The summed E-state index contributed by atoms with van der Waals surface area (Å²) in [5, 5.41) is 2.95. The number of anilines is 1. The monoisotopic (exact) mass is 456 g/mol. The molecule has 154 valence electrons. The molecule has 1 aliphatic rings. The van der Waals surface area contributed by atoms with Crippen LogP contribution in [0, 0.1) is 0 Å². The summed E-state index contributed by atoms with van der Waals surface area (Å²) in [5.41, 5.74) is 0.331. The molecule has 0 aliphatic carbocycles. The van der Waals surface area contributed by atoms with Crippen LogP contribution in [-0.4, -0.2) is 44.3 Å². The van der Waals surface area contributed by atoms with E-state index in [-0.39, 0.29) is 20.5 Å². The average Bonchev–Trinajstić information content (AvgIpc) is 3.25. The molecule has 1 amide bonds. The van der Waals surface area contributed by atoms with Crippen molar-refractivity contribution in [1.29, 1.82) is 0 Å². The van der Waals surface area contributed by atoms with Gasteiger partial charge in [0.1, 0.15) is 0 Å². The summed E-state index contributed by atoms with van der Waals surface area (Å²) < 4.78 is 31.6. The van der Waals surface area contributed by atoms with Crippen LogP contribution in [0.3, 0.4) is 0 Å². The molecule has 0 spiro atoms. The van der Waals surface area contributed by atoms with E-state index in [0.717, 1.165) is 12.8 Å². The highest BCUT2D eigenvalue weighted by atomic mass is 35.5. The number of carbonyl (C=O) groups excluding carboxylic acids is 2. The minimum Gasteiger partial charge on any atom is -0.452 e. The van der Waals surface area contributed by atoms with Crippen molar-refractivity contribution in [1.82, 2.24) is 4.31 Å². The molecule has 0 saturated carbocycles. The molecule has 1 heterocycles. The number of carbonyl (C=O) groups is 2. The Morgan fingerprint density at radius 3 is 2.48 bits per heavy atom. The molecule has 1 saturated heterocycles. The van der Waals surface area contributed by atoms with Gasteiger partial charge in [-0.3, -0.25) is 4.79 Å². The zero-order chi connectivity index (χ0) is 21.0. The van der Waals surface area contributed by atoms with E-state index in [0.29, 0.717) is 18.8 Å². The first kappa shape index (κ1) is 21.6. The van der Waals surface area contributed by atoms with Crippen LogP contribution in [0.2, 0.25) is 10.0 Å². The number of amides is 1. The van der Waals surface area contributed by atoms with Crippen molar-refractivity contribution in [2.45, 2.75) is 17.7 Å². The third-order valence-electron chi connectivity index (χ3n) is 4.33. The van der Waals surface area contributed by atoms with Crippen molar-refractivity contribution in [3.8, 4) is 0 Å². The highest BCUT2D eigenvalue weighted by Gasteiger charge is 2.27. The summed E-state index contributed by atoms with van der Waals surface area (Å²) >= 11 is 11.9. The third-order valence-corrected chi connectivity index (χ3v) is 7.05. The Labute approximate surface area is 178 Å². The van der Waals surface area contributed by atoms with Gasteiger partial charge in [-0.25, -0.2) is 13.2 Å². The Hall–Kier alpha value is -2.13. The molecular formula is C19H18Cl2N2O5S. The van der Waals surface area contributed by atoms with E-state index >= 15 is 0 Å². The predicted octanol–water partition coefficient (Wildman–Crippen LogP) is 3.57. The van der Waals surface area contributed by atoms with Crippen LogP contribution < -0.4 is 5.32 Å². The lowest BCUT2D eigenvalue weighted by Crippen LogP contribution is -2.28. The summed E-state index contributed by atoms with van der Waals surface area (Å²) in [4.78, 5) is 24.3. The van der Waals surface area contributed by atoms with Gasteiger partial charge in [-0.1, -0.05) is 35.3 Å². The van der Waals surface area contributed by atoms with Gasteiger partial charge in [0.05, 0.1) is 26.2 Å². The molecule has 2 aromatic carbocycles. The van der Waals surface area contributed by atoms with Crippen LogP contribution in [0.15, 0.2) is 47.4 Å². The first-order valence-corrected chi connectivity index (χ1v) is 11.0. The number of sulfonamides is 1. The van der Waals surface area contributed by atoms with Crippen LogP contribution in [0.1, 0.15) is 23.2 Å². The number of rotatable bonds is 6. The summed E-state index contributed by atoms with van der Waals surface area (Å²) in [6.07, 6.45) is 1.62. The van der Waals surface area contributed by atoms with E-state index in [1.165, 1.54) is 28.6 Å². The molecule has 29 heavy (non-hydrogen) atoms. The lowest BCUT2D eigenvalue weighted by molar-refractivity contribution is -0.119. The van der Waals surface area contributed by atoms with Crippen LogP contribution in [0.4, 0.5) is 5.69 Å². The van der Waals surface area contributed by atoms with E-state index < -0.39 is 28.5 Å². The molecule has 0 bridgehead atoms. The second kappa shape index (κ2) is 9.13. The number of nitrogens with one attached hydrogen (secondary N) is 1. The Morgan fingerprint density at radius 1 is 1.07 bits per heavy atom. The van der Waals surface area contributed by atoms with Crippen molar-refractivity contribution < 1.29 is 22.7 Å². The Balaban J connectivity index is 1.64. The van der Waals surface area contributed by atoms with E-state index in [1.54, 1.807) is 18.2 Å². The lowest BCUT2D eigenvalue weighted by Gasteiger charge is -2.15. The van der Waals surface area contributed by atoms with Gasteiger partial charge in [0.2, 0.25) is 10.0 Å². The fourth-order valence-corrected chi connectivity index (χ4v) is 4.77. The zero-order valence-corrected chi connectivity index (χ0v) is 17.6. The molecule has 1 fully saturated rings. The largest absolute Gasteiger partial charge is 0.452 e. The predicted molar refractivity (Wildman–Crippen MR) is 110 cm³/mol. The van der Waals surface area contributed by atoms with E-state index in [9.17, 15) is 18.0 Å². The number of hydrogen-bond donors (Lipinski definition) is 1. The van der Waals surface area contributed by atoms with Crippen LogP contribution >= 0.6 is 23.2 Å². The van der Waals surface area contributed by atoms with Gasteiger partial charge in [0.15, 0.2) is 6.61 Å². The van der Waals surface area contributed by atoms with Gasteiger partial charge in [-0.15, -0.1) is 0 Å². The lowest BCUT2D eigenvalue weighted by atomic mass is 10.2. The van der Waals surface area contributed by atoms with Gasteiger partial charge in [0, 0.05) is 13.1 Å². The SMILES string of the molecule is O=C(COC(=O)c1cccc(S(=O)(=O)N2CCCC2)c1)Nc1cccc(Cl)c1Cl. The molecule has 1 N–H and O–H groups in total. The van der Waals surface area contributed by atoms with Crippen molar-refractivity contribution in [2.24, 2.45) is 0 Å². The third kappa shape index (κ3) is 5.08. The van der Waals surface area contributed by atoms with Gasteiger partial charge >= 0.3 is 5.97 Å². The summed E-state index contributed by atoms with van der Waals surface area (Å²) in [6.45, 7) is 0.358. The quantitative estimate of drug-likeness (QED) is 0.670. The number of halogens is 2. The molecule has 0 aromatic heterocycles. The standard InChI is InChI=1S/C19H18Cl2N2O5S/c20-15-7-4-8-16(18(15)21)22-17(24)12-28-19(25)13-5-3-6-14(11-13)29(26,27)23-9-1-2-10-23/h3-8,11H,1-2,9-10,12H2,(H,22,24). The molecular weight excluding hydrogens is 439 g/mol. The summed E-state index contributed by atoms with van der Waals surface area (Å²) in [7, 11) is -3.66. The van der Waals surface area contributed by atoms with Gasteiger partial charge in [0.25, 0.3) is 5.91 Å². The Bertz CT molecular complexity index is 1040. The first-order chi connectivity index (χ1) is 13.8. The highest BCUT2D eigenvalue weighted by molar-refractivity contribution is 7.89. The molecule has 10 heteroatoms. The van der Waals surface area contributed by atoms with E-state index in [4.69, 9.17) is 27.9 Å². The number of esters is 1. The number of hydrogen-bond acceptors (Lipinski definition) is 5. The number of benzene rings is 2. The normalized spacial score (nSPS) is 14.6. The maximum Gasteiger partial charge on any atom is 0.338 e. The second-order valence-corrected chi connectivity index (χ2v) is 9.09. The van der Waals surface area contributed by atoms with Crippen LogP contribution in [-0.2, 0) is 19.6 Å². The number of ether oxygens (including phenoxy) is 1. The van der Waals surface area contributed by atoms with Gasteiger partial charge in [-0.2, -0.15) is 4.31 Å². The fraction of sp³-hybridized carbons (Fsp3) is 0.263. The minimum atomic E-state index is -3.66. The van der Waals surface area contributed by atoms with Crippen molar-refractivity contribution in [2.75, 3.05) is 25.0 Å². The summed E-state index contributed by atoms with van der Waals surface area (Å²) in [5.74, 6) is -1.42. The highest BCUT2D eigenvalue weighted by Crippen LogP contribution is 2.29. The van der Waals surface area contributed by atoms with Crippen molar-refractivity contribution >= 4 is 50.8 Å². The van der Waals surface area contributed by atoms with Gasteiger partial charge < -0.3 is 10.1 Å². The average molecular weight is 457 g/mol. The molecule has 0 radical (unpaired) electrons. The molecule has 2 aromatic rings. The first-order valence-electron chi connectivity index (χ1n) is 8.80. The maximum absolute atomic E-state index is 12.6. The Kier molecular flexibility index (Phi) is 6.79. The van der Waals surface area contributed by atoms with E-state index in [2.05, 4.69) is 5.32 Å². The zero-order valence-electron chi connectivity index (χ0n) is 15.2. The maximum atomic E-state index is 12.6. The molecule has 0 atom stereocenters. The smallest absolute Gasteiger partial charge is 0.338 e. The number of nitrogens with zero attached hydrogens (tertiary/aromatic N) is 1. The Morgan fingerprint density at radius 2 is 1.76 bits per heavy atom. The minimum absolute atomic E-state index is 0.0176. The topological polar surface area (TPSA) is 92.8 Å². The van der Waals surface area contributed by atoms with Crippen LogP contribution in [0.25, 0.3) is 0 Å². The summed E-state index contributed by atoms with van der Waals surface area (Å²) in [6, 6.07) is 10.3. The molecule has 3 rings (SSSR count). The van der Waals surface area contributed by atoms with Crippen LogP contribution in [0.5, 0.6) is 0 Å². The second-order valence-electron chi connectivity index (χ2n) is 6.36. The van der Waals surface area contributed by atoms with Crippen molar-refractivity contribution in [3.63, 3.8) is 0 Å². The van der Waals surface area contributed by atoms with Crippen molar-refractivity contribution in [3.05, 3.63) is 58.1 Å². The van der Waals surface area contributed by atoms with Gasteiger partial charge in [-0.05, 0) is 43.2 Å². The molecule has 0 unspecified atom stereocenters.